The smallest absolute Gasteiger partial charge is 0.0779 e. The molecule has 0 aromatic carbocycles. The Kier molecular flexibility index (Phi) is 6.01. The van der Waals surface area contributed by atoms with Crippen LogP contribution in [0.5, 0.6) is 0 Å². The molecule has 0 fully saturated rings. The lowest BCUT2D eigenvalue weighted by Crippen LogP contribution is -2.49. The molecule has 0 saturated heterocycles. The molecule has 0 radical (unpaired) electrons. The van der Waals surface area contributed by atoms with Crippen molar-refractivity contribution in [1.29, 1.82) is 0 Å². The molecule has 4 nitrogen and oxygen atoms in total. The molecule has 0 bridgehead atoms. The Morgan fingerprint density at radius 3 is 2.47 bits per heavy atom. The third-order valence-electron chi connectivity index (χ3n) is 3.25. The van der Waals surface area contributed by atoms with E-state index in [1.165, 1.54) is 5.56 Å². The van der Waals surface area contributed by atoms with Crippen molar-refractivity contribution in [1.82, 2.24) is 15.1 Å². The number of rotatable bonds is 7. The number of ether oxygens (including phenoxy) is 1. The molecular weight excluding hydrogens is 238 g/mol. The lowest BCUT2D eigenvalue weighted by Gasteiger charge is -2.37. The van der Waals surface area contributed by atoms with Crippen LogP contribution < -0.4 is 5.32 Å². The standard InChI is InChI=1S/C15H29N3O/c1-7-16-13(9-12-10-17-18(6)11-12)14(19-8-2)15(3,4)5/h10-11,13-14,16H,7-9H2,1-6H3. The van der Waals surface area contributed by atoms with E-state index in [1.54, 1.807) is 0 Å². The fourth-order valence-corrected chi connectivity index (χ4v) is 2.53. The minimum absolute atomic E-state index is 0.116. The van der Waals surface area contributed by atoms with E-state index in [0.29, 0.717) is 6.04 Å². The van der Waals surface area contributed by atoms with Gasteiger partial charge in [-0.25, -0.2) is 0 Å². The third-order valence-corrected chi connectivity index (χ3v) is 3.25. The van der Waals surface area contributed by atoms with Gasteiger partial charge in [-0.15, -0.1) is 0 Å². The number of likely N-dealkylation sites (N-methyl/N-ethyl adjacent to an activating group) is 1. The summed E-state index contributed by atoms with van der Waals surface area (Å²) in [6.07, 6.45) is 5.16. The highest BCUT2D eigenvalue weighted by molar-refractivity contribution is 5.08. The van der Waals surface area contributed by atoms with E-state index in [9.17, 15) is 0 Å². The molecule has 4 heteroatoms. The average molecular weight is 267 g/mol. The molecule has 0 aliphatic rings. The second-order valence-corrected chi connectivity index (χ2v) is 6.13. The van der Waals surface area contributed by atoms with Gasteiger partial charge in [0.25, 0.3) is 0 Å². The molecule has 0 amide bonds. The number of hydrogen-bond donors (Lipinski definition) is 1. The van der Waals surface area contributed by atoms with E-state index in [-0.39, 0.29) is 11.5 Å². The summed E-state index contributed by atoms with van der Waals surface area (Å²) in [4.78, 5) is 0. The molecule has 1 heterocycles. The van der Waals surface area contributed by atoms with Gasteiger partial charge in [0.15, 0.2) is 0 Å². The lowest BCUT2D eigenvalue weighted by atomic mass is 9.82. The van der Waals surface area contributed by atoms with Crippen molar-refractivity contribution in [2.24, 2.45) is 12.5 Å². The van der Waals surface area contributed by atoms with Crippen LogP contribution >= 0.6 is 0 Å². The van der Waals surface area contributed by atoms with Gasteiger partial charge in [0.1, 0.15) is 0 Å². The first kappa shape index (κ1) is 16.2. The molecule has 1 aromatic heterocycles. The van der Waals surface area contributed by atoms with Crippen LogP contribution in [0, 0.1) is 5.41 Å². The second-order valence-electron chi connectivity index (χ2n) is 6.13. The Morgan fingerprint density at radius 1 is 1.37 bits per heavy atom. The van der Waals surface area contributed by atoms with Crippen molar-refractivity contribution >= 4 is 0 Å². The van der Waals surface area contributed by atoms with Gasteiger partial charge < -0.3 is 10.1 Å². The summed E-state index contributed by atoms with van der Waals surface area (Å²) in [7, 11) is 1.95. The van der Waals surface area contributed by atoms with E-state index in [4.69, 9.17) is 4.74 Å². The molecule has 0 spiro atoms. The highest BCUT2D eigenvalue weighted by Crippen LogP contribution is 2.26. The normalized spacial score (nSPS) is 15.5. The zero-order valence-electron chi connectivity index (χ0n) is 13.2. The van der Waals surface area contributed by atoms with Crippen LogP contribution in [0.3, 0.4) is 0 Å². The summed E-state index contributed by atoms with van der Waals surface area (Å²) in [6.45, 7) is 12.6. The molecule has 19 heavy (non-hydrogen) atoms. The fourth-order valence-electron chi connectivity index (χ4n) is 2.53. The minimum Gasteiger partial charge on any atom is -0.376 e. The SMILES string of the molecule is CCNC(Cc1cnn(C)c1)C(OCC)C(C)(C)C. The molecule has 110 valence electrons. The van der Waals surface area contributed by atoms with Gasteiger partial charge in [-0.05, 0) is 30.9 Å². The number of aryl methyl sites for hydroxylation is 1. The monoisotopic (exact) mass is 267 g/mol. The van der Waals surface area contributed by atoms with Crippen LogP contribution in [0.1, 0.15) is 40.2 Å². The van der Waals surface area contributed by atoms with Gasteiger partial charge in [0, 0.05) is 25.9 Å². The van der Waals surface area contributed by atoms with Gasteiger partial charge in [0.2, 0.25) is 0 Å². The first-order valence-corrected chi connectivity index (χ1v) is 7.21. The van der Waals surface area contributed by atoms with E-state index in [0.717, 1.165) is 19.6 Å². The lowest BCUT2D eigenvalue weighted by molar-refractivity contribution is -0.0352. The number of nitrogens with zero attached hydrogens (tertiary/aromatic N) is 2. The molecule has 1 N–H and O–H groups in total. The molecule has 0 aliphatic heterocycles. The van der Waals surface area contributed by atoms with E-state index < -0.39 is 0 Å². The summed E-state index contributed by atoms with van der Waals surface area (Å²) in [5.41, 5.74) is 1.37. The van der Waals surface area contributed by atoms with Gasteiger partial charge in [-0.2, -0.15) is 5.10 Å². The van der Waals surface area contributed by atoms with Crippen LogP contribution in [0.25, 0.3) is 0 Å². The number of aromatic nitrogens is 2. The van der Waals surface area contributed by atoms with Crippen molar-refractivity contribution in [3.8, 4) is 0 Å². The van der Waals surface area contributed by atoms with Crippen molar-refractivity contribution in [3.63, 3.8) is 0 Å². The molecule has 1 rings (SSSR count). The van der Waals surface area contributed by atoms with Crippen LogP contribution in [-0.4, -0.2) is 35.1 Å². The molecule has 2 atom stereocenters. The van der Waals surface area contributed by atoms with Crippen LogP contribution in [0.2, 0.25) is 0 Å². The predicted molar refractivity (Wildman–Crippen MR) is 79.2 cm³/mol. The Morgan fingerprint density at radius 2 is 2.05 bits per heavy atom. The van der Waals surface area contributed by atoms with Crippen LogP contribution in [0.15, 0.2) is 12.4 Å². The maximum absolute atomic E-state index is 6.01. The summed E-state index contributed by atoms with van der Waals surface area (Å²) in [5.74, 6) is 0. The second kappa shape index (κ2) is 7.06. The topological polar surface area (TPSA) is 39.1 Å². The van der Waals surface area contributed by atoms with Gasteiger partial charge in [0.05, 0.1) is 12.3 Å². The highest BCUT2D eigenvalue weighted by atomic mass is 16.5. The van der Waals surface area contributed by atoms with Gasteiger partial charge in [-0.1, -0.05) is 27.7 Å². The Bertz CT molecular complexity index is 368. The van der Waals surface area contributed by atoms with E-state index in [1.807, 2.05) is 17.9 Å². The summed E-state index contributed by atoms with van der Waals surface area (Å²) in [6, 6.07) is 0.314. The minimum atomic E-state index is 0.116. The molecule has 0 aliphatic carbocycles. The van der Waals surface area contributed by atoms with Crippen molar-refractivity contribution < 1.29 is 4.74 Å². The molecule has 1 aromatic rings. The number of hydrogen-bond acceptors (Lipinski definition) is 3. The van der Waals surface area contributed by atoms with Crippen molar-refractivity contribution in [2.45, 2.75) is 53.2 Å². The maximum atomic E-state index is 6.01. The van der Waals surface area contributed by atoms with Gasteiger partial charge >= 0.3 is 0 Å². The summed E-state index contributed by atoms with van der Waals surface area (Å²) in [5, 5.41) is 7.82. The fraction of sp³-hybridized carbons (Fsp3) is 0.800. The largest absolute Gasteiger partial charge is 0.376 e. The van der Waals surface area contributed by atoms with Crippen molar-refractivity contribution in [2.75, 3.05) is 13.2 Å². The molecular formula is C15H29N3O. The third kappa shape index (κ3) is 4.96. The molecule has 2 unspecified atom stereocenters. The van der Waals surface area contributed by atoms with E-state index in [2.05, 4.69) is 51.2 Å². The Hall–Kier alpha value is -0.870. The average Bonchev–Trinajstić information content (AvgIpc) is 2.70. The predicted octanol–water partition coefficient (Wildman–Crippen LogP) is 2.39. The van der Waals surface area contributed by atoms with Gasteiger partial charge in [-0.3, -0.25) is 4.68 Å². The summed E-state index contributed by atoms with van der Waals surface area (Å²) < 4.78 is 7.86. The molecule has 0 saturated carbocycles. The van der Waals surface area contributed by atoms with Crippen LogP contribution in [-0.2, 0) is 18.2 Å². The van der Waals surface area contributed by atoms with E-state index >= 15 is 0 Å². The van der Waals surface area contributed by atoms with Crippen LogP contribution in [0.4, 0.5) is 0 Å². The maximum Gasteiger partial charge on any atom is 0.0779 e. The summed E-state index contributed by atoms with van der Waals surface area (Å²) >= 11 is 0. The Balaban J connectivity index is 2.83. The number of nitrogens with one attached hydrogen (secondary N) is 1. The highest BCUT2D eigenvalue weighted by Gasteiger charge is 2.32. The quantitative estimate of drug-likeness (QED) is 0.824. The first-order chi connectivity index (χ1) is 8.88. The first-order valence-electron chi connectivity index (χ1n) is 7.21. The zero-order valence-corrected chi connectivity index (χ0v) is 13.2. The van der Waals surface area contributed by atoms with Crippen molar-refractivity contribution in [3.05, 3.63) is 18.0 Å². The Labute approximate surface area is 117 Å². The zero-order chi connectivity index (χ0) is 14.5.